The van der Waals surface area contributed by atoms with E-state index in [-0.39, 0.29) is 5.56 Å². The maximum Gasteiger partial charge on any atom is 0.254 e. The maximum atomic E-state index is 13.5. The molecule has 4 aromatic rings. The molecule has 35 heavy (non-hydrogen) atoms. The minimum atomic E-state index is 0.0347. The molecular weight excluding hydrogens is 430 g/mol. The van der Waals surface area contributed by atoms with E-state index in [1.807, 2.05) is 28.8 Å². The van der Waals surface area contributed by atoms with E-state index in [0.717, 1.165) is 49.6 Å². The molecule has 0 atom stereocenters. The Labute approximate surface area is 207 Å². The molecular formula is C31H33N3O. The molecule has 0 N–H and O–H groups in total. The lowest BCUT2D eigenvalue weighted by Gasteiger charge is -2.26. The molecule has 4 heteroatoms. The van der Waals surface area contributed by atoms with E-state index in [1.54, 1.807) is 6.07 Å². The molecule has 4 nitrogen and oxygen atoms in total. The molecule has 0 aliphatic carbocycles. The summed E-state index contributed by atoms with van der Waals surface area (Å²) in [4.78, 5) is 21.0. The largest absolute Gasteiger partial charge is 0.298 e. The van der Waals surface area contributed by atoms with Crippen molar-refractivity contribution in [2.45, 2.75) is 45.2 Å². The van der Waals surface area contributed by atoms with Gasteiger partial charge in [0.15, 0.2) is 0 Å². The second kappa shape index (κ2) is 11.3. The van der Waals surface area contributed by atoms with Crippen molar-refractivity contribution in [3.8, 4) is 11.4 Å². The number of rotatable bonds is 8. The molecule has 178 valence electrons. The van der Waals surface area contributed by atoms with Crippen LogP contribution in [0.25, 0.3) is 11.4 Å². The van der Waals surface area contributed by atoms with E-state index in [4.69, 9.17) is 4.98 Å². The molecule has 1 saturated heterocycles. The first-order chi connectivity index (χ1) is 17.3. The number of benzene rings is 3. The fourth-order valence-electron chi connectivity index (χ4n) is 5.00. The molecule has 1 aromatic heterocycles. The van der Waals surface area contributed by atoms with Crippen LogP contribution < -0.4 is 5.56 Å². The number of hydrogen-bond donors (Lipinski definition) is 0. The van der Waals surface area contributed by atoms with Crippen molar-refractivity contribution in [1.82, 2.24) is 14.5 Å². The van der Waals surface area contributed by atoms with Gasteiger partial charge >= 0.3 is 0 Å². The van der Waals surface area contributed by atoms with Crippen molar-refractivity contribution in [3.05, 3.63) is 124 Å². The minimum Gasteiger partial charge on any atom is -0.298 e. The van der Waals surface area contributed by atoms with Gasteiger partial charge in [0, 0.05) is 24.7 Å². The van der Waals surface area contributed by atoms with Crippen molar-refractivity contribution in [2.24, 2.45) is 0 Å². The lowest BCUT2D eigenvalue weighted by molar-refractivity contribution is 0.218. The van der Waals surface area contributed by atoms with Crippen molar-refractivity contribution < 1.29 is 0 Å². The molecule has 0 unspecified atom stereocenters. The predicted octanol–water partition coefficient (Wildman–Crippen LogP) is 5.73. The van der Waals surface area contributed by atoms with Gasteiger partial charge in [-0.1, -0.05) is 91.3 Å². The van der Waals surface area contributed by atoms with Crippen LogP contribution in [0, 0.1) is 0 Å². The number of aryl methyl sites for hydroxylation is 1. The number of aromatic nitrogens is 2. The Balaban J connectivity index is 1.53. The van der Waals surface area contributed by atoms with Gasteiger partial charge in [-0.2, -0.15) is 0 Å². The normalized spacial score (nSPS) is 14.2. The Morgan fingerprint density at radius 3 is 2.14 bits per heavy atom. The van der Waals surface area contributed by atoms with Gasteiger partial charge in [0.1, 0.15) is 5.82 Å². The monoisotopic (exact) mass is 463 g/mol. The summed E-state index contributed by atoms with van der Waals surface area (Å²) in [7, 11) is 0. The summed E-state index contributed by atoms with van der Waals surface area (Å²) >= 11 is 0. The number of nitrogens with zero attached hydrogens (tertiary/aromatic N) is 3. The summed E-state index contributed by atoms with van der Waals surface area (Å²) in [5, 5.41) is 0. The average molecular weight is 464 g/mol. The number of piperidine rings is 1. The van der Waals surface area contributed by atoms with Gasteiger partial charge in [0.25, 0.3) is 5.56 Å². The van der Waals surface area contributed by atoms with Gasteiger partial charge in [0.05, 0.1) is 5.69 Å². The SMILES string of the molecule is O=c1cc(CN2CCCCC2)nc(-c2ccccc2Cc2ccccc2)n1CCc1ccccc1. The second-order valence-corrected chi connectivity index (χ2v) is 9.45. The summed E-state index contributed by atoms with van der Waals surface area (Å²) in [6.45, 7) is 3.51. The molecule has 2 heterocycles. The fraction of sp³-hybridized carbons (Fsp3) is 0.290. The van der Waals surface area contributed by atoms with Crippen LogP contribution in [0.4, 0.5) is 0 Å². The first-order valence-electron chi connectivity index (χ1n) is 12.8. The molecule has 1 aliphatic rings. The van der Waals surface area contributed by atoms with Crippen molar-refractivity contribution >= 4 is 0 Å². The third-order valence-corrected chi connectivity index (χ3v) is 6.86. The van der Waals surface area contributed by atoms with Crippen LogP contribution in [0.5, 0.6) is 0 Å². The maximum absolute atomic E-state index is 13.5. The molecule has 0 saturated carbocycles. The van der Waals surface area contributed by atoms with Gasteiger partial charge in [0.2, 0.25) is 0 Å². The Morgan fingerprint density at radius 1 is 0.743 bits per heavy atom. The van der Waals surface area contributed by atoms with Gasteiger partial charge in [-0.25, -0.2) is 4.98 Å². The second-order valence-electron chi connectivity index (χ2n) is 9.45. The van der Waals surface area contributed by atoms with E-state index in [2.05, 4.69) is 65.6 Å². The Bertz CT molecular complexity index is 1290. The average Bonchev–Trinajstić information content (AvgIpc) is 2.90. The van der Waals surface area contributed by atoms with Crippen LogP contribution in [0.1, 0.15) is 41.6 Å². The minimum absolute atomic E-state index is 0.0347. The highest BCUT2D eigenvalue weighted by molar-refractivity contribution is 5.61. The molecule has 5 rings (SSSR count). The van der Waals surface area contributed by atoms with E-state index >= 15 is 0 Å². The lowest BCUT2D eigenvalue weighted by Crippen LogP contribution is -2.31. The molecule has 1 fully saturated rings. The number of likely N-dealkylation sites (tertiary alicyclic amines) is 1. The highest BCUT2D eigenvalue weighted by Gasteiger charge is 2.17. The smallest absolute Gasteiger partial charge is 0.254 e. The van der Waals surface area contributed by atoms with Crippen molar-refractivity contribution in [3.63, 3.8) is 0 Å². The van der Waals surface area contributed by atoms with Crippen LogP contribution in [0.15, 0.2) is 95.8 Å². The third-order valence-electron chi connectivity index (χ3n) is 6.86. The molecule has 3 aromatic carbocycles. The first-order valence-corrected chi connectivity index (χ1v) is 12.8. The summed E-state index contributed by atoms with van der Waals surface area (Å²) in [6.07, 6.45) is 5.34. The van der Waals surface area contributed by atoms with Crippen LogP contribution in [0.3, 0.4) is 0 Å². The standard InChI is InChI=1S/C31H33N3O/c35-30-23-28(24-33-19-10-3-11-20-33)32-31(34(30)21-18-25-12-4-1-5-13-25)29-17-9-8-16-27(29)22-26-14-6-2-7-15-26/h1-2,4-9,12-17,23H,3,10-11,18-22,24H2. The van der Waals surface area contributed by atoms with E-state index in [1.165, 1.54) is 36.0 Å². The highest BCUT2D eigenvalue weighted by Crippen LogP contribution is 2.25. The molecule has 0 bridgehead atoms. The topological polar surface area (TPSA) is 38.1 Å². The third kappa shape index (κ3) is 5.95. The zero-order chi connectivity index (χ0) is 23.9. The van der Waals surface area contributed by atoms with Crippen LogP contribution in [-0.4, -0.2) is 27.5 Å². The quantitative estimate of drug-likeness (QED) is 0.335. The van der Waals surface area contributed by atoms with Gasteiger partial charge in [-0.05, 0) is 55.5 Å². The molecule has 1 aliphatic heterocycles. The van der Waals surface area contributed by atoms with Crippen molar-refractivity contribution in [2.75, 3.05) is 13.1 Å². The van der Waals surface area contributed by atoms with Crippen LogP contribution in [-0.2, 0) is 25.9 Å². The van der Waals surface area contributed by atoms with Crippen LogP contribution in [0.2, 0.25) is 0 Å². The molecule has 0 amide bonds. The van der Waals surface area contributed by atoms with E-state index < -0.39 is 0 Å². The van der Waals surface area contributed by atoms with E-state index in [0.29, 0.717) is 6.54 Å². The van der Waals surface area contributed by atoms with Crippen molar-refractivity contribution in [1.29, 1.82) is 0 Å². The summed E-state index contributed by atoms with van der Waals surface area (Å²) in [6, 6.07) is 31.0. The molecule has 0 spiro atoms. The highest BCUT2D eigenvalue weighted by atomic mass is 16.1. The Kier molecular flexibility index (Phi) is 7.50. The van der Waals surface area contributed by atoms with Gasteiger partial charge < -0.3 is 0 Å². The zero-order valence-electron chi connectivity index (χ0n) is 20.3. The molecule has 0 radical (unpaired) electrons. The first kappa shape index (κ1) is 23.3. The number of hydrogen-bond acceptors (Lipinski definition) is 3. The fourth-order valence-corrected chi connectivity index (χ4v) is 5.00. The summed E-state index contributed by atoms with van der Waals surface area (Å²) in [5.41, 5.74) is 5.61. The Morgan fingerprint density at radius 2 is 1.40 bits per heavy atom. The van der Waals surface area contributed by atoms with Crippen LogP contribution >= 0.6 is 0 Å². The Hall–Kier alpha value is -3.50. The van der Waals surface area contributed by atoms with Gasteiger partial charge in [-0.15, -0.1) is 0 Å². The lowest BCUT2D eigenvalue weighted by atomic mass is 9.99. The summed E-state index contributed by atoms with van der Waals surface area (Å²) < 4.78 is 1.87. The van der Waals surface area contributed by atoms with E-state index in [9.17, 15) is 4.79 Å². The predicted molar refractivity (Wildman–Crippen MR) is 142 cm³/mol. The van der Waals surface area contributed by atoms with Gasteiger partial charge in [-0.3, -0.25) is 14.3 Å². The summed E-state index contributed by atoms with van der Waals surface area (Å²) in [5.74, 6) is 0.784. The zero-order valence-corrected chi connectivity index (χ0v) is 20.3.